The number of hydrogen-bond acceptors (Lipinski definition) is 0. The first-order chi connectivity index (χ1) is 6.13. The number of terminal acetylenes is 1. The molecule has 0 bridgehead atoms. The maximum Gasteiger partial charge on any atom is 0.126 e. The van der Waals surface area contributed by atoms with Crippen LogP contribution in [0.2, 0.25) is 0 Å². The van der Waals surface area contributed by atoms with E-state index in [0.29, 0.717) is 5.56 Å². The summed E-state index contributed by atoms with van der Waals surface area (Å²) in [6, 6.07) is 5.13. The van der Waals surface area contributed by atoms with Crippen molar-refractivity contribution >= 4 is 0 Å². The van der Waals surface area contributed by atoms with E-state index in [9.17, 15) is 4.39 Å². The molecule has 0 saturated carbocycles. The van der Waals surface area contributed by atoms with Gasteiger partial charge in [-0.1, -0.05) is 19.1 Å². The third kappa shape index (κ3) is 2.59. The molecular formula is C12H13F. The van der Waals surface area contributed by atoms with Gasteiger partial charge >= 0.3 is 0 Å². The lowest BCUT2D eigenvalue weighted by Gasteiger charge is -2.05. The summed E-state index contributed by atoms with van der Waals surface area (Å²) in [6.07, 6.45) is 6.08. The van der Waals surface area contributed by atoms with Gasteiger partial charge in [-0.2, -0.15) is 0 Å². The topological polar surface area (TPSA) is 0 Å². The highest BCUT2D eigenvalue weighted by atomic mass is 19.1. The van der Waals surface area contributed by atoms with Gasteiger partial charge in [-0.15, -0.1) is 12.3 Å². The summed E-state index contributed by atoms with van der Waals surface area (Å²) >= 11 is 0. The molecule has 1 aromatic carbocycles. The Hall–Kier alpha value is -1.29. The van der Waals surface area contributed by atoms with Gasteiger partial charge in [0.05, 0.1) is 0 Å². The lowest BCUT2D eigenvalue weighted by molar-refractivity contribution is 0.616. The molecule has 1 rings (SSSR count). The van der Waals surface area contributed by atoms with Crippen LogP contribution in [0.5, 0.6) is 0 Å². The van der Waals surface area contributed by atoms with E-state index in [0.717, 1.165) is 12.0 Å². The van der Waals surface area contributed by atoms with Gasteiger partial charge in [0.1, 0.15) is 5.82 Å². The van der Waals surface area contributed by atoms with Crippen LogP contribution >= 0.6 is 0 Å². The standard InChI is InChI=1S/C12H13F/c1-4-9(2)7-11-5-6-12(13)10(3)8-11/h1,5-6,8-9H,7H2,2-3H3. The second kappa shape index (κ2) is 4.09. The molecule has 0 aliphatic rings. The van der Waals surface area contributed by atoms with Crippen molar-refractivity contribution in [3.63, 3.8) is 0 Å². The van der Waals surface area contributed by atoms with Crippen LogP contribution in [0.1, 0.15) is 18.1 Å². The Kier molecular flexibility index (Phi) is 3.08. The summed E-state index contributed by atoms with van der Waals surface area (Å²) in [4.78, 5) is 0. The third-order valence-electron chi connectivity index (χ3n) is 2.05. The van der Waals surface area contributed by atoms with E-state index < -0.39 is 0 Å². The lowest BCUT2D eigenvalue weighted by atomic mass is 10.0. The van der Waals surface area contributed by atoms with E-state index in [1.807, 2.05) is 13.0 Å². The van der Waals surface area contributed by atoms with E-state index >= 15 is 0 Å². The molecule has 68 valence electrons. The predicted molar refractivity (Wildman–Crippen MR) is 52.8 cm³/mol. The Morgan fingerprint density at radius 1 is 1.54 bits per heavy atom. The molecule has 1 unspecified atom stereocenters. The number of hydrogen-bond donors (Lipinski definition) is 0. The minimum Gasteiger partial charge on any atom is -0.207 e. The molecule has 1 aromatic rings. The van der Waals surface area contributed by atoms with Gasteiger partial charge in [-0.3, -0.25) is 0 Å². The summed E-state index contributed by atoms with van der Waals surface area (Å²) < 4.78 is 12.9. The van der Waals surface area contributed by atoms with E-state index in [4.69, 9.17) is 6.42 Å². The van der Waals surface area contributed by atoms with Crippen LogP contribution in [-0.4, -0.2) is 0 Å². The van der Waals surface area contributed by atoms with E-state index in [1.54, 1.807) is 13.0 Å². The van der Waals surface area contributed by atoms with Gasteiger partial charge in [0.15, 0.2) is 0 Å². The molecule has 1 heteroatoms. The molecule has 0 spiro atoms. The molecule has 0 aliphatic heterocycles. The highest BCUT2D eigenvalue weighted by Crippen LogP contribution is 2.12. The van der Waals surface area contributed by atoms with Gasteiger partial charge in [0, 0.05) is 5.92 Å². The second-order valence-corrected chi connectivity index (χ2v) is 3.36. The molecule has 0 fully saturated rings. The summed E-state index contributed by atoms with van der Waals surface area (Å²) in [5.41, 5.74) is 1.78. The number of rotatable bonds is 2. The normalized spacial score (nSPS) is 12.2. The number of aryl methyl sites for hydroxylation is 1. The van der Waals surface area contributed by atoms with E-state index in [-0.39, 0.29) is 11.7 Å². The maximum atomic E-state index is 12.9. The maximum absolute atomic E-state index is 12.9. The van der Waals surface area contributed by atoms with E-state index in [2.05, 4.69) is 5.92 Å². The average Bonchev–Trinajstić information content (AvgIpc) is 2.11. The molecule has 13 heavy (non-hydrogen) atoms. The minimum atomic E-state index is -0.155. The molecule has 0 aromatic heterocycles. The zero-order valence-electron chi connectivity index (χ0n) is 7.97. The van der Waals surface area contributed by atoms with Crippen LogP contribution in [0.25, 0.3) is 0 Å². The predicted octanol–water partition coefficient (Wildman–Crippen LogP) is 2.95. The van der Waals surface area contributed by atoms with Crippen LogP contribution in [0, 0.1) is 31.0 Å². The summed E-state index contributed by atoms with van der Waals surface area (Å²) in [5, 5.41) is 0. The van der Waals surface area contributed by atoms with E-state index in [1.165, 1.54) is 6.07 Å². The van der Waals surface area contributed by atoms with Gasteiger partial charge in [-0.05, 0) is 30.5 Å². The third-order valence-corrected chi connectivity index (χ3v) is 2.05. The molecule has 0 heterocycles. The van der Waals surface area contributed by atoms with Crippen molar-refractivity contribution in [3.05, 3.63) is 35.1 Å². The summed E-state index contributed by atoms with van der Waals surface area (Å²) in [6.45, 7) is 3.75. The quantitative estimate of drug-likeness (QED) is 0.608. The van der Waals surface area contributed by atoms with Crippen molar-refractivity contribution in [2.45, 2.75) is 20.3 Å². The summed E-state index contributed by atoms with van der Waals surface area (Å²) in [5.74, 6) is 2.71. The van der Waals surface area contributed by atoms with Crippen LogP contribution in [0.3, 0.4) is 0 Å². The second-order valence-electron chi connectivity index (χ2n) is 3.36. The van der Waals surface area contributed by atoms with Crippen molar-refractivity contribution in [1.82, 2.24) is 0 Å². The van der Waals surface area contributed by atoms with Crippen molar-refractivity contribution < 1.29 is 4.39 Å². The SMILES string of the molecule is C#CC(C)Cc1ccc(F)c(C)c1. The Bertz CT molecular complexity index is 333. The van der Waals surface area contributed by atoms with Gasteiger partial charge < -0.3 is 0 Å². The Balaban J connectivity index is 2.81. The monoisotopic (exact) mass is 176 g/mol. The Morgan fingerprint density at radius 2 is 2.23 bits per heavy atom. The highest BCUT2D eigenvalue weighted by Gasteiger charge is 2.02. The first-order valence-corrected chi connectivity index (χ1v) is 4.34. The molecule has 0 saturated heterocycles. The molecule has 0 amide bonds. The molecule has 0 aliphatic carbocycles. The van der Waals surface area contributed by atoms with Crippen LogP contribution in [0.4, 0.5) is 4.39 Å². The van der Waals surface area contributed by atoms with Crippen LogP contribution in [0.15, 0.2) is 18.2 Å². The van der Waals surface area contributed by atoms with Crippen LogP contribution in [-0.2, 0) is 6.42 Å². The van der Waals surface area contributed by atoms with Gasteiger partial charge in [0.2, 0.25) is 0 Å². The first-order valence-electron chi connectivity index (χ1n) is 4.34. The highest BCUT2D eigenvalue weighted by molar-refractivity contribution is 5.24. The molecule has 0 N–H and O–H groups in total. The van der Waals surface area contributed by atoms with Gasteiger partial charge in [0.25, 0.3) is 0 Å². The van der Waals surface area contributed by atoms with Crippen molar-refractivity contribution in [2.75, 3.05) is 0 Å². The zero-order valence-corrected chi connectivity index (χ0v) is 7.97. The fourth-order valence-corrected chi connectivity index (χ4v) is 1.25. The Labute approximate surface area is 78.8 Å². The fourth-order valence-electron chi connectivity index (χ4n) is 1.25. The Morgan fingerprint density at radius 3 is 2.77 bits per heavy atom. The smallest absolute Gasteiger partial charge is 0.126 e. The van der Waals surface area contributed by atoms with Crippen molar-refractivity contribution in [3.8, 4) is 12.3 Å². The summed E-state index contributed by atoms with van der Waals surface area (Å²) in [7, 11) is 0. The zero-order chi connectivity index (χ0) is 9.84. The molecule has 1 atom stereocenters. The minimum absolute atomic E-state index is 0.155. The number of benzene rings is 1. The lowest BCUT2D eigenvalue weighted by Crippen LogP contribution is -1.97. The molecule has 0 nitrogen and oxygen atoms in total. The van der Waals surface area contributed by atoms with Gasteiger partial charge in [-0.25, -0.2) is 4.39 Å². The molecular weight excluding hydrogens is 163 g/mol. The average molecular weight is 176 g/mol. The molecule has 0 radical (unpaired) electrons. The fraction of sp³-hybridized carbons (Fsp3) is 0.333. The van der Waals surface area contributed by atoms with Crippen molar-refractivity contribution in [2.24, 2.45) is 5.92 Å². The number of halogens is 1. The van der Waals surface area contributed by atoms with Crippen LogP contribution < -0.4 is 0 Å². The largest absolute Gasteiger partial charge is 0.207 e. The first kappa shape index (κ1) is 9.80. The van der Waals surface area contributed by atoms with Crippen molar-refractivity contribution in [1.29, 1.82) is 0 Å².